The maximum Gasteiger partial charge on any atom is 0.303 e. The lowest BCUT2D eigenvalue weighted by Gasteiger charge is -2.16. The first-order chi connectivity index (χ1) is 13.2. The minimum Gasteiger partial charge on any atom is -0.487 e. The third-order valence-electron chi connectivity index (χ3n) is 3.33. The number of hydrogen-bond donors (Lipinski definition) is 2. The third kappa shape index (κ3) is 5.95. The maximum absolute atomic E-state index is 13.7. The molecule has 0 saturated heterocycles. The molecule has 0 aromatic carbocycles. The molecular weight excluding hydrogens is 372 g/mol. The van der Waals surface area contributed by atoms with E-state index in [1.54, 1.807) is 0 Å². The summed E-state index contributed by atoms with van der Waals surface area (Å²) in [7, 11) is 1.53. The van der Waals surface area contributed by atoms with E-state index in [4.69, 9.17) is 9.47 Å². The van der Waals surface area contributed by atoms with Gasteiger partial charge in [-0.15, -0.1) is 0 Å². The van der Waals surface area contributed by atoms with Gasteiger partial charge in [-0.1, -0.05) is 6.58 Å². The average Bonchev–Trinajstić information content (AvgIpc) is 2.62. The molecule has 0 spiro atoms. The second-order valence-electron chi connectivity index (χ2n) is 5.81. The molecule has 0 radical (unpaired) electrons. The lowest BCUT2D eigenvalue weighted by molar-refractivity contribution is -0.114. The number of alkyl halides is 2. The van der Waals surface area contributed by atoms with Crippen molar-refractivity contribution in [3.05, 3.63) is 36.4 Å². The van der Waals surface area contributed by atoms with E-state index in [1.807, 2.05) is 0 Å². The van der Waals surface area contributed by atoms with Crippen LogP contribution in [0, 0.1) is 0 Å². The van der Waals surface area contributed by atoms with Gasteiger partial charge in [-0.3, -0.25) is 4.79 Å². The lowest BCUT2D eigenvalue weighted by Crippen LogP contribution is -2.15. The fourth-order valence-electron chi connectivity index (χ4n) is 2.11. The quantitative estimate of drug-likeness (QED) is 0.631. The number of aromatic nitrogens is 3. The van der Waals surface area contributed by atoms with Crippen LogP contribution in [-0.4, -0.2) is 41.2 Å². The van der Waals surface area contributed by atoms with Crippen LogP contribution in [-0.2, 0) is 15.5 Å². The molecular formula is C18H21F2N5O3. The molecule has 0 unspecified atom stereocenters. The van der Waals surface area contributed by atoms with Crippen molar-refractivity contribution in [2.45, 2.75) is 19.8 Å². The highest BCUT2D eigenvalue weighted by Crippen LogP contribution is 2.31. The Bertz CT molecular complexity index is 856. The summed E-state index contributed by atoms with van der Waals surface area (Å²) in [5, 5.41) is 5.46. The van der Waals surface area contributed by atoms with E-state index in [9.17, 15) is 13.6 Å². The molecule has 0 aliphatic carbocycles. The Labute approximate surface area is 161 Å². The molecule has 0 aliphatic heterocycles. The van der Waals surface area contributed by atoms with Crippen LogP contribution in [0.4, 0.5) is 26.1 Å². The number of methoxy groups -OCH3 is 1. The van der Waals surface area contributed by atoms with E-state index in [-0.39, 0.29) is 29.8 Å². The molecule has 0 atom stereocenters. The molecule has 1 amide bonds. The highest BCUT2D eigenvalue weighted by molar-refractivity contribution is 5.88. The highest BCUT2D eigenvalue weighted by Gasteiger charge is 2.29. The van der Waals surface area contributed by atoms with Crippen LogP contribution in [0.1, 0.15) is 25.4 Å². The Hall–Kier alpha value is -3.14. The summed E-state index contributed by atoms with van der Waals surface area (Å²) in [6, 6.07) is 2.96. The van der Waals surface area contributed by atoms with Crippen LogP contribution < -0.4 is 15.4 Å². The van der Waals surface area contributed by atoms with Crippen LogP contribution in [0.2, 0.25) is 0 Å². The van der Waals surface area contributed by atoms with Crippen molar-refractivity contribution >= 4 is 29.3 Å². The highest BCUT2D eigenvalue weighted by atomic mass is 19.3. The summed E-state index contributed by atoms with van der Waals surface area (Å²) in [6.45, 7) is 6.19. The fraction of sp³-hybridized carbons (Fsp3) is 0.333. The Balaban J connectivity index is 2.41. The number of hydrogen-bond acceptors (Lipinski definition) is 7. The molecule has 2 rings (SSSR count). The number of halogens is 2. The normalized spacial score (nSPS) is 11.0. The zero-order chi connectivity index (χ0) is 20.7. The molecule has 0 fully saturated rings. The monoisotopic (exact) mass is 393 g/mol. The number of amides is 1. The van der Waals surface area contributed by atoms with E-state index < -0.39 is 11.7 Å². The Morgan fingerprint density at radius 3 is 2.64 bits per heavy atom. The molecule has 2 heterocycles. The summed E-state index contributed by atoms with van der Waals surface area (Å²) in [5.41, 5.74) is 0.598. The van der Waals surface area contributed by atoms with Crippen LogP contribution in [0.15, 0.2) is 24.9 Å². The standard InChI is InChI=1S/C18H21F2N5O3/c1-5-12-8-16(25-17(23-12)18(3,19)20)24-13-9-15(22-11(2)26)21-10-14(13)28-7-6-27-4/h5,8-10H,1,6-7H2,2-4H3,(H2,21,22,23,24,25,26). The molecule has 0 aliphatic rings. The van der Waals surface area contributed by atoms with Gasteiger partial charge in [0.15, 0.2) is 5.75 Å². The third-order valence-corrected chi connectivity index (χ3v) is 3.33. The van der Waals surface area contributed by atoms with Crippen molar-refractivity contribution in [3.63, 3.8) is 0 Å². The number of carbonyl (C=O) groups is 1. The van der Waals surface area contributed by atoms with Gasteiger partial charge in [-0.05, 0) is 6.08 Å². The number of carbonyl (C=O) groups excluding carboxylic acids is 1. The zero-order valence-electron chi connectivity index (χ0n) is 15.8. The van der Waals surface area contributed by atoms with E-state index >= 15 is 0 Å². The number of pyridine rings is 1. The molecule has 150 valence electrons. The number of ether oxygens (including phenoxy) is 2. The molecule has 0 bridgehead atoms. The number of nitrogens with zero attached hydrogens (tertiary/aromatic N) is 3. The van der Waals surface area contributed by atoms with Crippen LogP contribution in [0.5, 0.6) is 5.75 Å². The first-order valence-corrected chi connectivity index (χ1v) is 8.29. The van der Waals surface area contributed by atoms with Crippen molar-refractivity contribution in [3.8, 4) is 5.75 Å². The predicted molar refractivity (Wildman–Crippen MR) is 101 cm³/mol. The first kappa shape index (κ1) is 21.2. The van der Waals surface area contributed by atoms with Crippen molar-refractivity contribution < 1.29 is 23.0 Å². The Kier molecular flexibility index (Phi) is 6.94. The summed E-state index contributed by atoms with van der Waals surface area (Å²) in [5.74, 6) is -3.49. The van der Waals surface area contributed by atoms with Gasteiger partial charge in [0.1, 0.15) is 18.2 Å². The van der Waals surface area contributed by atoms with E-state index in [2.05, 4.69) is 32.2 Å². The first-order valence-electron chi connectivity index (χ1n) is 8.29. The molecule has 2 aromatic rings. The molecule has 2 aromatic heterocycles. The summed E-state index contributed by atoms with van der Waals surface area (Å²) in [6.07, 6.45) is 2.74. The summed E-state index contributed by atoms with van der Waals surface area (Å²) < 4.78 is 37.9. The molecule has 10 heteroatoms. The van der Waals surface area contributed by atoms with Crippen molar-refractivity contribution in [1.29, 1.82) is 0 Å². The molecule has 0 saturated carbocycles. The number of nitrogens with one attached hydrogen (secondary N) is 2. The average molecular weight is 393 g/mol. The summed E-state index contributed by atoms with van der Waals surface area (Å²) in [4.78, 5) is 23.0. The van der Waals surface area contributed by atoms with E-state index in [1.165, 1.54) is 38.4 Å². The van der Waals surface area contributed by atoms with Crippen molar-refractivity contribution in [1.82, 2.24) is 15.0 Å². The fourth-order valence-corrected chi connectivity index (χ4v) is 2.11. The van der Waals surface area contributed by atoms with Gasteiger partial charge in [-0.2, -0.15) is 8.78 Å². The van der Waals surface area contributed by atoms with E-state index in [0.29, 0.717) is 25.0 Å². The predicted octanol–water partition coefficient (Wildman–Crippen LogP) is 3.35. The SMILES string of the molecule is C=Cc1cc(Nc2cc(NC(C)=O)ncc2OCCOC)nc(C(C)(F)F)n1. The smallest absolute Gasteiger partial charge is 0.303 e. The van der Waals surface area contributed by atoms with Gasteiger partial charge in [0.25, 0.3) is 0 Å². The van der Waals surface area contributed by atoms with Gasteiger partial charge in [0, 0.05) is 33.1 Å². The van der Waals surface area contributed by atoms with Gasteiger partial charge < -0.3 is 20.1 Å². The largest absolute Gasteiger partial charge is 0.487 e. The van der Waals surface area contributed by atoms with Crippen LogP contribution in [0.25, 0.3) is 6.08 Å². The van der Waals surface area contributed by atoms with Crippen LogP contribution >= 0.6 is 0 Å². The second kappa shape index (κ2) is 9.18. The maximum atomic E-state index is 13.7. The second-order valence-corrected chi connectivity index (χ2v) is 5.81. The molecule has 2 N–H and O–H groups in total. The topological polar surface area (TPSA) is 98.3 Å². The van der Waals surface area contributed by atoms with Crippen LogP contribution in [0.3, 0.4) is 0 Å². The minimum atomic E-state index is -3.23. The lowest BCUT2D eigenvalue weighted by atomic mass is 10.3. The minimum absolute atomic E-state index is 0.109. The van der Waals surface area contributed by atoms with Gasteiger partial charge in [0.2, 0.25) is 11.7 Å². The van der Waals surface area contributed by atoms with Gasteiger partial charge in [-0.25, -0.2) is 15.0 Å². The Morgan fingerprint density at radius 1 is 1.29 bits per heavy atom. The van der Waals surface area contributed by atoms with Crippen molar-refractivity contribution in [2.75, 3.05) is 31.0 Å². The number of anilines is 3. The van der Waals surface area contributed by atoms with E-state index in [0.717, 1.165) is 0 Å². The molecule has 28 heavy (non-hydrogen) atoms. The number of rotatable bonds is 9. The zero-order valence-corrected chi connectivity index (χ0v) is 15.8. The van der Waals surface area contributed by atoms with Gasteiger partial charge >= 0.3 is 5.92 Å². The van der Waals surface area contributed by atoms with Gasteiger partial charge in [0.05, 0.1) is 24.2 Å². The molecule has 8 nitrogen and oxygen atoms in total. The summed E-state index contributed by atoms with van der Waals surface area (Å²) >= 11 is 0. The van der Waals surface area contributed by atoms with Crippen molar-refractivity contribution in [2.24, 2.45) is 0 Å². The Morgan fingerprint density at radius 2 is 2.04 bits per heavy atom.